The van der Waals surface area contributed by atoms with Gasteiger partial charge in [0.1, 0.15) is 5.69 Å². The smallest absolute Gasteiger partial charge is 0.272 e. The van der Waals surface area contributed by atoms with Crippen LogP contribution in [0.15, 0.2) is 18.3 Å². The first-order valence-electron chi connectivity index (χ1n) is 8.27. The average molecular weight is 316 g/mol. The van der Waals surface area contributed by atoms with Crippen LogP contribution in [0.4, 0.5) is 0 Å². The number of likely N-dealkylation sites (tertiary alicyclic amines) is 1. The molecule has 0 aliphatic carbocycles. The highest BCUT2D eigenvalue weighted by Crippen LogP contribution is 2.30. The highest BCUT2D eigenvalue weighted by Gasteiger charge is 2.26. The Bertz CT molecular complexity index is 596. The molecule has 2 saturated heterocycles. The molecule has 2 amide bonds. The summed E-state index contributed by atoms with van der Waals surface area (Å²) < 4.78 is 0. The Morgan fingerprint density at radius 2 is 1.83 bits per heavy atom. The van der Waals surface area contributed by atoms with E-state index in [4.69, 9.17) is 0 Å². The van der Waals surface area contributed by atoms with Crippen LogP contribution in [0.2, 0.25) is 0 Å². The van der Waals surface area contributed by atoms with Crippen LogP contribution in [-0.2, 0) is 4.79 Å². The number of carbonyl (C=O) groups excluding carboxylic acids is 2. The maximum atomic E-state index is 12.7. The first kappa shape index (κ1) is 15.9. The molecule has 2 aliphatic heterocycles. The van der Waals surface area contributed by atoms with Crippen molar-refractivity contribution in [3.63, 3.8) is 0 Å². The Balaban J connectivity index is 1.69. The van der Waals surface area contributed by atoms with Crippen molar-refractivity contribution in [1.29, 1.82) is 0 Å². The van der Waals surface area contributed by atoms with E-state index in [9.17, 15) is 9.59 Å². The molecule has 3 heterocycles. The molecular weight excluding hydrogens is 292 g/mol. The van der Waals surface area contributed by atoms with E-state index in [1.54, 1.807) is 22.9 Å². The molecule has 2 fully saturated rings. The first-order valence-corrected chi connectivity index (χ1v) is 8.27. The number of hydrogen-bond donors (Lipinski definition) is 0. The predicted octanol–water partition coefficient (Wildman–Crippen LogP) is 1.15. The van der Waals surface area contributed by atoms with Crippen LogP contribution in [0, 0.1) is 0 Å². The van der Waals surface area contributed by atoms with Crippen LogP contribution >= 0.6 is 0 Å². The van der Waals surface area contributed by atoms with E-state index in [1.807, 2.05) is 12.1 Å². The summed E-state index contributed by atoms with van der Waals surface area (Å²) in [7, 11) is 2.13. The van der Waals surface area contributed by atoms with E-state index in [0.29, 0.717) is 37.9 Å². The van der Waals surface area contributed by atoms with Gasteiger partial charge in [-0.25, -0.2) is 0 Å². The number of aromatic nitrogens is 1. The molecule has 6 heteroatoms. The monoisotopic (exact) mass is 316 g/mol. The van der Waals surface area contributed by atoms with Crippen molar-refractivity contribution >= 4 is 11.8 Å². The van der Waals surface area contributed by atoms with Crippen molar-refractivity contribution in [3.8, 4) is 0 Å². The van der Waals surface area contributed by atoms with Crippen LogP contribution in [-0.4, -0.2) is 71.3 Å². The fourth-order valence-corrected chi connectivity index (χ4v) is 3.49. The molecule has 0 spiro atoms. The summed E-state index contributed by atoms with van der Waals surface area (Å²) in [6.45, 7) is 5.03. The SMILES string of the molecule is CC(=O)N1CCN(C(=O)c2cc([C@@H]3CCCN3C)ccn2)CC1. The van der Waals surface area contributed by atoms with E-state index in [2.05, 4.69) is 16.9 Å². The predicted molar refractivity (Wildman–Crippen MR) is 87.0 cm³/mol. The summed E-state index contributed by atoms with van der Waals surface area (Å²) in [5, 5.41) is 0. The van der Waals surface area contributed by atoms with Crippen LogP contribution in [0.1, 0.15) is 41.9 Å². The van der Waals surface area contributed by atoms with Gasteiger partial charge in [-0.2, -0.15) is 0 Å². The minimum atomic E-state index is -0.0318. The lowest BCUT2D eigenvalue weighted by Gasteiger charge is -2.34. The zero-order valence-electron chi connectivity index (χ0n) is 13.9. The summed E-state index contributed by atoms with van der Waals surface area (Å²) in [5.41, 5.74) is 1.68. The molecule has 0 radical (unpaired) electrons. The molecule has 0 bridgehead atoms. The number of nitrogens with zero attached hydrogens (tertiary/aromatic N) is 4. The van der Waals surface area contributed by atoms with Crippen molar-refractivity contribution in [2.75, 3.05) is 39.8 Å². The fourth-order valence-electron chi connectivity index (χ4n) is 3.49. The van der Waals surface area contributed by atoms with Gasteiger partial charge in [-0.1, -0.05) is 0 Å². The standard InChI is InChI=1S/C17H24N4O2/c1-13(22)20-8-10-21(11-9-20)17(23)15-12-14(5-6-18-15)16-4-3-7-19(16)2/h5-6,12,16H,3-4,7-11H2,1-2H3/t16-/m0/s1. The van der Waals surface area contributed by atoms with Crippen LogP contribution < -0.4 is 0 Å². The lowest BCUT2D eigenvalue weighted by Crippen LogP contribution is -2.50. The number of amides is 2. The number of rotatable bonds is 2. The van der Waals surface area contributed by atoms with Crippen molar-refractivity contribution < 1.29 is 9.59 Å². The Labute approximate surface area is 137 Å². The molecule has 0 N–H and O–H groups in total. The van der Waals surface area contributed by atoms with Gasteiger partial charge in [0.15, 0.2) is 0 Å². The van der Waals surface area contributed by atoms with E-state index < -0.39 is 0 Å². The second-order valence-corrected chi connectivity index (χ2v) is 6.41. The minimum Gasteiger partial charge on any atom is -0.339 e. The molecule has 0 unspecified atom stereocenters. The third kappa shape index (κ3) is 3.37. The molecule has 6 nitrogen and oxygen atoms in total. The second-order valence-electron chi connectivity index (χ2n) is 6.41. The Morgan fingerprint density at radius 3 is 2.43 bits per heavy atom. The van der Waals surface area contributed by atoms with Gasteiger partial charge < -0.3 is 9.80 Å². The Hall–Kier alpha value is -1.95. The zero-order valence-corrected chi connectivity index (χ0v) is 13.9. The lowest BCUT2D eigenvalue weighted by atomic mass is 10.0. The van der Waals surface area contributed by atoms with Crippen molar-refractivity contribution in [1.82, 2.24) is 19.7 Å². The first-order chi connectivity index (χ1) is 11.1. The van der Waals surface area contributed by atoms with E-state index >= 15 is 0 Å². The molecule has 0 saturated carbocycles. The summed E-state index contributed by atoms with van der Waals surface area (Å²) >= 11 is 0. The molecule has 1 aromatic rings. The third-order valence-electron chi connectivity index (χ3n) is 4.92. The van der Waals surface area contributed by atoms with Crippen LogP contribution in [0.5, 0.6) is 0 Å². The molecule has 0 aromatic carbocycles. The Morgan fingerprint density at radius 1 is 1.13 bits per heavy atom. The maximum Gasteiger partial charge on any atom is 0.272 e. The third-order valence-corrected chi connectivity index (χ3v) is 4.92. The normalized spacial score (nSPS) is 22.4. The van der Waals surface area contributed by atoms with Gasteiger partial charge in [-0.15, -0.1) is 0 Å². The van der Waals surface area contributed by atoms with Gasteiger partial charge in [-0.3, -0.25) is 19.5 Å². The van der Waals surface area contributed by atoms with E-state index in [-0.39, 0.29) is 11.8 Å². The molecular formula is C17H24N4O2. The number of hydrogen-bond acceptors (Lipinski definition) is 4. The fraction of sp³-hybridized carbons (Fsp3) is 0.588. The van der Waals surface area contributed by atoms with Gasteiger partial charge in [-0.05, 0) is 44.1 Å². The lowest BCUT2D eigenvalue weighted by molar-refractivity contribution is -0.130. The largest absolute Gasteiger partial charge is 0.339 e. The zero-order chi connectivity index (χ0) is 16.4. The quantitative estimate of drug-likeness (QED) is 0.821. The van der Waals surface area contributed by atoms with Crippen molar-refractivity contribution in [3.05, 3.63) is 29.6 Å². The Kier molecular flexibility index (Phi) is 4.61. The summed E-state index contributed by atoms with van der Waals surface area (Å²) in [4.78, 5) is 34.2. The molecule has 23 heavy (non-hydrogen) atoms. The van der Waals surface area contributed by atoms with Crippen LogP contribution in [0.3, 0.4) is 0 Å². The van der Waals surface area contributed by atoms with Gasteiger partial charge in [0.05, 0.1) is 0 Å². The molecule has 2 aliphatic rings. The maximum absolute atomic E-state index is 12.7. The van der Waals surface area contributed by atoms with Gasteiger partial charge in [0.2, 0.25) is 5.91 Å². The number of piperazine rings is 1. The van der Waals surface area contributed by atoms with Gasteiger partial charge in [0.25, 0.3) is 5.91 Å². The number of pyridine rings is 1. The van der Waals surface area contributed by atoms with Gasteiger partial charge in [0, 0.05) is 45.3 Å². The summed E-state index contributed by atoms with van der Waals surface area (Å²) in [6.07, 6.45) is 4.06. The summed E-state index contributed by atoms with van der Waals surface area (Å²) in [5.74, 6) is 0.0391. The van der Waals surface area contributed by atoms with Crippen molar-refractivity contribution in [2.24, 2.45) is 0 Å². The molecule has 1 atom stereocenters. The molecule has 3 rings (SSSR count). The summed E-state index contributed by atoms with van der Waals surface area (Å²) in [6, 6.07) is 4.34. The molecule has 1 aromatic heterocycles. The van der Waals surface area contributed by atoms with E-state index in [1.165, 1.54) is 12.0 Å². The average Bonchev–Trinajstić information content (AvgIpc) is 3.00. The second kappa shape index (κ2) is 6.66. The number of carbonyl (C=O) groups is 2. The van der Waals surface area contributed by atoms with Gasteiger partial charge >= 0.3 is 0 Å². The van der Waals surface area contributed by atoms with Crippen molar-refractivity contribution in [2.45, 2.75) is 25.8 Å². The van der Waals surface area contributed by atoms with Crippen LogP contribution in [0.25, 0.3) is 0 Å². The topological polar surface area (TPSA) is 56.8 Å². The van der Waals surface area contributed by atoms with E-state index in [0.717, 1.165) is 13.0 Å². The minimum absolute atomic E-state index is 0.0318. The molecule has 124 valence electrons. The highest BCUT2D eigenvalue weighted by molar-refractivity contribution is 5.92. The highest BCUT2D eigenvalue weighted by atomic mass is 16.2.